The van der Waals surface area contributed by atoms with E-state index in [0.29, 0.717) is 0 Å². The van der Waals surface area contributed by atoms with Gasteiger partial charge in [0.25, 0.3) is 0 Å². The molecule has 4 nitrogen and oxygen atoms in total. The van der Waals surface area contributed by atoms with Gasteiger partial charge in [0, 0.05) is 19.2 Å². The number of rotatable bonds is 4. The van der Waals surface area contributed by atoms with Crippen LogP contribution in [0.5, 0.6) is 0 Å². The van der Waals surface area contributed by atoms with Crippen LogP contribution in [0.15, 0.2) is 6.07 Å². The molecule has 11 heavy (non-hydrogen) atoms. The second-order valence-corrected chi connectivity index (χ2v) is 2.23. The van der Waals surface area contributed by atoms with Gasteiger partial charge in [0.15, 0.2) is 0 Å². The van der Waals surface area contributed by atoms with Gasteiger partial charge < -0.3 is 10.6 Å². The molecular weight excluding hydrogens is 140 g/mol. The number of nitrogens with one attached hydrogen (secondary N) is 3. The van der Waals surface area contributed by atoms with E-state index in [4.69, 9.17) is 0 Å². The quantitative estimate of drug-likeness (QED) is 0.612. The van der Waals surface area contributed by atoms with Gasteiger partial charge in [-0.1, -0.05) is 0 Å². The maximum Gasteiger partial charge on any atom is 0.149 e. The molecule has 0 aliphatic rings. The highest BCUT2D eigenvalue weighted by atomic mass is 15.2. The van der Waals surface area contributed by atoms with Crippen molar-refractivity contribution in [1.82, 2.24) is 10.2 Å². The zero-order valence-corrected chi connectivity index (χ0v) is 6.94. The largest absolute Gasteiger partial charge is 0.371 e. The van der Waals surface area contributed by atoms with Crippen LogP contribution in [0, 0.1) is 0 Å². The second kappa shape index (κ2) is 3.85. The normalized spacial score (nSPS) is 9.64. The van der Waals surface area contributed by atoms with Crippen LogP contribution in [-0.2, 0) is 0 Å². The van der Waals surface area contributed by atoms with Crippen LogP contribution >= 0.6 is 0 Å². The molecule has 0 aromatic carbocycles. The Labute approximate surface area is 66.4 Å². The molecule has 0 saturated carbocycles. The van der Waals surface area contributed by atoms with E-state index in [1.165, 1.54) is 0 Å². The summed E-state index contributed by atoms with van der Waals surface area (Å²) in [4.78, 5) is 0. The van der Waals surface area contributed by atoms with E-state index in [0.717, 1.165) is 24.7 Å². The van der Waals surface area contributed by atoms with Crippen LogP contribution in [0.3, 0.4) is 0 Å². The third-order valence-electron chi connectivity index (χ3n) is 1.30. The topological polar surface area (TPSA) is 52.7 Å². The van der Waals surface area contributed by atoms with E-state index in [-0.39, 0.29) is 0 Å². The summed E-state index contributed by atoms with van der Waals surface area (Å²) in [6, 6.07) is 1.95. The minimum Gasteiger partial charge on any atom is -0.371 e. The number of H-pyrrole nitrogens is 1. The Kier molecular flexibility index (Phi) is 2.77. The Bertz CT molecular complexity index is 185. The molecule has 0 radical (unpaired) electrons. The van der Waals surface area contributed by atoms with Gasteiger partial charge in [0.2, 0.25) is 0 Å². The first kappa shape index (κ1) is 7.91. The lowest BCUT2D eigenvalue weighted by atomic mass is 10.5. The minimum absolute atomic E-state index is 0.892. The van der Waals surface area contributed by atoms with Crippen molar-refractivity contribution in [2.24, 2.45) is 0 Å². The monoisotopic (exact) mass is 154 g/mol. The van der Waals surface area contributed by atoms with E-state index in [2.05, 4.69) is 20.8 Å². The summed E-state index contributed by atoms with van der Waals surface area (Å²) < 4.78 is 0. The van der Waals surface area contributed by atoms with Crippen molar-refractivity contribution in [1.29, 1.82) is 0 Å². The fraction of sp³-hybridized carbons (Fsp3) is 0.571. The lowest BCUT2D eigenvalue weighted by Crippen LogP contribution is -1.96. The number of nitrogens with zero attached hydrogens (tertiary/aromatic N) is 1. The third-order valence-corrected chi connectivity index (χ3v) is 1.30. The summed E-state index contributed by atoms with van der Waals surface area (Å²) in [5.41, 5.74) is 0. The Morgan fingerprint density at radius 2 is 2.09 bits per heavy atom. The summed E-state index contributed by atoms with van der Waals surface area (Å²) in [6.45, 7) is 5.90. The Morgan fingerprint density at radius 3 is 2.73 bits per heavy atom. The predicted molar refractivity (Wildman–Crippen MR) is 46.9 cm³/mol. The van der Waals surface area contributed by atoms with Gasteiger partial charge in [-0.25, -0.2) is 0 Å². The molecular formula is C7H14N4. The maximum absolute atomic E-state index is 4.03. The first-order chi connectivity index (χ1) is 5.36. The molecule has 0 fully saturated rings. The number of hydrogen-bond acceptors (Lipinski definition) is 3. The first-order valence-electron chi connectivity index (χ1n) is 3.90. The van der Waals surface area contributed by atoms with Crippen LogP contribution < -0.4 is 10.6 Å². The van der Waals surface area contributed by atoms with E-state index >= 15 is 0 Å². The maximum atomic E-state index is 4.03. The summed E-state index contributed by atoms with van der Waals surface area (Å²) in [5, 5.41) is 13.1. The first-order valence-corrected chi connectivity index (χ1v) is 3.90. The molecule has 0 saturated heterocycles. The smallest absolute Gasteiger partial charge is 0.149 e. The van der Waals surface area contributed by atoms with Gasteiger partial charge in [0.1, 0.15) is 11.6 Å². The Morgan fingerprint density at radius 1 is 1.36 bits per heavy atom. The minimum atomic E-state index is 0.892. The predicted octanol–water partition coefficient (Wildman–Crippen LogP) is 1.27. The highest BCUT2D eigenvalue weighted by Crippen LogP contribution is 2.08. The van der Waals surface area contributed by atoms with Gasteiger partial charge in [-0.05, 0) is 13.8 Å². The molecule has 1 aromatic rings. The van der Waals surface area contributed by atoms with Gasteiger partial charge >= 0.3 is 0 Å². The van der Waals surface area contributed by atoms with Crippen molar-refractivity contribution in [2.45, 2.75) is 13.8 Å². The van der Waals surface area contributed by atoms with Crippen molar-refractivity contribution < 1.29 is 0 Å². The lowest BCUT2D eigenvalue weighted by molar-refractivity contribution is 1.05. The molecule has 0 unspecified atom stereocenters. The van der Waals surface area contributed by atoms with Crippen molar-refractivity contribution in [2.75, 3.05) is 23.7 Å². The van der Waals surface area contributed by atoms with Crippen LogP contribution in [-0.4, -0.2) is 23.3 Å². The number of hydrogen-bond donors (Lipinski definition) is 3. The lowest BCUT2D eigenvalue weighted by Gasteiger charge is -1.94. The molecule has 0 amide bonds. The average molecular weight is 154 g/mol. The van der Waals surface area contributed by atoms with E-state index < -0.39 is 0 Å². The van der Waals surface area contributed by atoms with Crippen LogP contribution in [0.25, 0.3) is 0 Å². The van der Waals surface area contributed by atoms with Crippen molar-refractivity contribution in [3.63, 3.8) is 0 Å². The van der Waals surface area contributed by atoms with E-state index in [9.17, 15) is 0 Å². The van der Waals surface area contributed by atoms with Crippen LogP contribution in [0.2, 0.25) is 0 Å². The molecule has 62 valence electrons. The van der Waals surface area contributed by atoms with Crippen molar-refractivity contribution in [3.8, 4) is 0 Å². The molecule has 1 rings (SSSR count). The van der Waals surface area contributed by atoms with Gasteiger partial charge in [0.05, 0.1) is 0 Å². The summed E-state index contributed by atoms with van der Waals surface area (Å²) in [5.74, 6) is 1.85. The molecule has 0 aliphatic carbocycles. The van der Waals surface area contributed by atoms with Gasteiger partial charge in [-0.15, -0.1) is 0 Å². The molecule has 1 heterocycles. The highest BCUT2D eigenvalue weighted by Gasteiger charge is 1.95. The standard InChI is InChI=1S/C7H14N4/c1-3-8-6-5-7(9-4-2)11-10-6/h5H,3-4H2,1-2H3,(H3,8,9,10,11). The summed E-state index contributed by atoms with van der Waals surface area (Å²) >= 11 is 0. The fourth-order valence-electron chi connectivity index (χ4n) is 0.874. The number of anilines is 2. The molecule has 0 spiro atoms. The van der Waals surface area contributed by atoms with E-state index in [1.54, 1.807) is 0 Å². The molecule has 0 aliphatic heterocycles. The summed E-state index contributed by atoms with van der Waals surface area (Å²) in [7, 11) is 0. The third kappa shape index (κ3) is 2.14. The van der Waals surface area contributed by atoms with Crippen molar-refractivity contribution >= 4 is 11.6 Å². The van der Waals surface area contributed by atoms with Crippen LogP contribution in [0.4, 0.5) is 11.6 Å². The molecule has 0 bridgehead atoms. The summed E-state index contributed by atoms with van der Waals surface area (Å²) in [6.07, 6.45) is 0. The van der Waals surface area contributed by atoms with Crippen LogP contribution in [0.1, 0.15) is 13.8 Å². The van der Waals surface area contributed by atoms with Gasteiger partial charge in [-0.3, -0.25) is 5.10 Å². The molecule has 1 aromatic heterocycles. The zero-order chi connectivity index (χ0) is 8.10. The molecule has 4 heteroatoms. The Balaban J connectivity index is 2.51. The zero-order valence-electron chi connectivity index (χ0n) is 6.94. The molecule has 0 atom stereocenters. The highest BCUT2D eigenvalue weighted by molar-refractivity contribution is 5.47. The average Bonchev–Trinajstić information content (AvgIpc) is 2.38. The number of aromatic amines is 1. The second-order valence-electron chi connectivity index (χ2n) is 2.23. The fourth-order valence-corrected chi connectivity index (χ4v) is 0.874. The Hall–Kier alpha value is -1.19. The van der Waals surface area contributed by atoms with Gasteiger partial charge in [-0.2, -0.15) is 5.10 Å². The number of aromatic nitrogens is 2. The van der Waals surface area contributed by atoms with E-state index in [1.807, 2.05) is 19.9 Å². The molecule has 3 N–H and O–H groups in total. The van der Waals surface area contributed by atoms with Crippen molar-refractivity contribution in [3.05, 3.63) is 6.07 Å². The SMILES string of the molecule is CCNc1cc(NCC)[nH]n1.